The fraction of sp³-hybridized carbons (Fsp3) is 0.286. The van der Waals surface area contributed by atoms with Gasteiger partial charge in [0.2, 0.25) is 5.91 Å². The highest BCUT2D eigenvalue weighted by Gasteiger charge is 2.29. The largest absolute Gasteiger partial charge is 0.378 e. The molecular formula is C21H21N3O3S. The van der Waals surface area contributed by atoms with Crippen molar-refractivity contribution in [3.63, 3.8) is 0 Å². The Labute approximate surface area is 167 Å². The SMILES string of the molecule is Cn1c(S[C@H](C(=O)N2CCOCC2)c2ccccc2)nc2ccccc2c1=O. The molecule has 0 spiro atoms. The van der Waals surface area contributed by atoms with Gasteiger partial charge in [-0.25, -0.2) is 4.98 Å². The molecule has 7 heteroatoms. The molecule has 28 heavy (non-hydrogen) atoms. The van der Waals surface area contributed by atoms with E-state index in [0.717, 1.165) is 5.56 Å². The molecular weight excluding hydrogens is 374 g/mol. The van der Waals surface area contributed by atoms with Crippen LogP contribution in [0.1, 0.15) is 10.8 Å². The highest BCUT2D eigenvalue weighted by molar-refractivity contribution is 8.00. The van der Waals surface area contributed by atoms with Crippen LogP contribution in [-0.2, 0) is 16.6 Å². The fourth-order valence-electron chi connectivity index (χ4n) is 3.25. The quantitative estimate of drug-likeness (QED) is 0.502. The molecule has 144 valence electrons. The number of fused-ring (bicyclic) bond motifs is 1. The van der Waals surface area contributed by atoms with Crippen LogP contribution in [0.4, 0.5) is 0 Å². The first-order chi connectivity index (χ1) is 13.6. The molecule has 0 N–H and O–H groups in total. The third-order valence-electron chi connectivity index (χ3n) is 4.81. The van der Waals surface area contributed by atoms with E-state index in [1.165, 1.54) is 16.3 Å². The summed E-state index contributed by atoms with van der Waals surface area (Å²) in [6.07, 6.45) is 0. The summed E-state index contributed by atoms with van der Waals surface area (Å²) in [5.74, 6) is 0.0157. The van der Waals surface area contributed by atoms with Crippen LogP contribution in [0.2, 0.25) is 0 Å². The number of carbonyl (C=O) groups is 1. The number of amides is 1. The van der Waals surface area contributed by atoms with Gasteiger partial charge in [-0.15, -0.1) is 0 Å². The Morgan fingerprint density at radius 1 is 1.07 bits per heavy atom. The van der Waals surface area contributed by atoms with Gasteiger partial charge in [0.25, 0.3) is 5.56 Å². The minimum Gasteiger partial charge on any atom is -0.378 e. The van der Waals surface area contributed by atoms with Gasteiger partial charge in [-0.05, 0) is 17.7 Å². The van der Waals surface area contributed by atoms with Gasteiger partial charge in [-0.1, -0.05) is 54.2 Å². The number of carbonyl (C=O) groups excluding carboxylic acids is 1. The molecule has 0 unspecified atom stereocenters. The molecule has 2 heterocycles. The zero-order chi connectivity index (χ0) is 19.5. The first kappa shape index (κ1) is 18.7. The Kier molecular flexibility index (Phi) is 5.45. The smallest absolute Gasteiger partial charge is 0.261 e. The van der Waals surface area contributed by atoms with Crippen LogP contribution in [0.15, 0.2) is 64.5 Å². The van der Waals surface area contributed by atoms with Crippen LogP contribution in [0.3, 0.4) is 0 Å². The van der Waals surface area contributed by atoms with Gasteiger partial charge in [0.15, 0.2) is 5.16 Å². The summed E-state index contributed by atoms with van der Waals surface area (Å²) in [6, 6.07) is 16.9. The monoisotopic (exact) mass is 395 g/mol. The van der Waals surface area contributed by atoms with Crippen molar-refractivity contribution in [1.82, 2.24) is 14.5 Å². The summed E-state index contributed by atoms with van der Waals surface area (Å²) in [6.45, 7) is 2.24. The van der Waals surface area contributed by atoms with Crippen LogP contribution in [0.25, 0.3) is 10.9 Å². The van der Waals surface area contributed by atoms with Crippen LogP contribution >= 0.6 is 11.8 Å². The molecule has 1 aliphatic rings. The van der Waals surface area contributed by atoms with E-state index in [2.05, 4.69) is 4.98 Å². The number of benzene rings is 2. The summed E-state index contributed by atoms with van der Waals surface area (Å²) >= 11 is 1.32. The lowest BCUT2D eigenvalue weighted by atomic mass is 10.1. The maximum Gasteiger partial charge on any atom is 0.261 e. The molecule has 0 radical (unpaired) electrons. The normalized spacial score (nSPS) is 15.5. The van der Waals surface area contributed by atoms with E-state index in [1.807, 2.05) is 53.4 Å². The van der Waals surface area contributed by atoms with E-state index >= 15 is 0 Å². The number of hydrogen-bond acceptors (Lipinski definition) is 5. The van der Waals surface area contributed by atoms with Crippen molar-refractivity contribution in [2.45, 2.75) is 10.4 Å². The average Bonchev–Trinajstić information content (AvgIpc) is 2.76. The molecule has 1 aromatic heterocycles. The first-order valence-electron chi connectivity index (χ1n) is 9.19. The summed E-state index contributed by atoms with van der Waals surface area (Å²) in [5, 5.41) is 0.628. The van der Waals surface area contributed by atoms with Gasteiger partial charge in [0, 0.05) is 20.1 Å². The molecule has 0 saturated carbocycles. The van der Waals surface area contributed by atoms with E-state index in [-0.39, 0.29) is 11.5 Å². The minimum atomic E-state index is -0.474. The maximum absolute atomic E-state index is 13.3. The molecule has 2 aromatic carbocycles. The number of nitrogens with zero attached hydrogens (tertiary/aromatic N) is 3. The third kappa shape index (κ3) is 3.68. The molecule has 1 aliphatic heterocycles. The van der Waals surface area contributed by atoms with Gasteiger partial charge in [0.05, 0.1) is 24.1 Å². The lowest BCUT2D eigenvalue weighted by Gasteiger charge is -2.30. The minimum absolute atomic E-state index is 0.0157. The van der Waals surface area contributed by atoms with Crippen molar-refractivity contribution in [1.29, 1.82) is 0 Å². The highest BCUT2D eigenvalue weighted by atomic mass is 32.2. The fourth-order valence-corrected chi connectivity index (χ4v) is 4.39. The summed E-state index contributed by atoms with van der Waals surface area (Å²) < 4.78 is 6.90. The van der Waals surface area contributed by atoms with Gasteiger partial charge in [-0.3, -0.25) is 14.2 Å². The predicted octanol–water partition coefficient (Wildman–Crippen LogP) is 2.63. The van der Waals surface area contributed by atoms with E-state index in [9.17, 15) is 9.59 Å². The predicted molar refractivity (Wildman–Crippen MR) is 109 cm³/mol. The topological polar surface area (TPSA) is 64.4 Å². The molecule has 3 aromatic rings. The van der Waals surface area contributed by atoms with Crippen LogP contribution in [0, 0.1) is 0 Å². The number of morpholine rings is 1. The standard InChI is InChI=1S/C21H21N3O3S/c1-23-19(25)16-9-5-6-10-17(16)22-21(23)28-18(15-7-3-2-4-8-15)20(26)24-11-13-27-14-12-24/h2-10,18H,11-14H2,1H3/t18-/m0/s1. The molecule has 0 aliphatic carbocycles. The zero-order valence-corrected chi connectivity index (χ0v) is 16.4. The van der Waals surface area contributed by atoms with Gasteiger partial charge < -0.3 is 9.64 Å². The average molecular weight is 395 g/mol. The van der Waals surface area contributed by atoms with Crippen molar-refractivity contribution in [3.8, 4) is 0 Å². The first-order valence-corrected chi connectivity index (χ1v) is 10.1. The number of thioether (sulfide) groups is 1. The van der Waals surface area contributed by atoms with Gasteiger partial charge in [-0.2, -0.15) is 0 Å². The lowest BCUT2D eigenvalue weighted by molar-refractivity contribution is -0.134. The number of para-hydroxylation sites is 1. The van der Waals surface area contributed by atoms with Crippen molar-refractivity contribution >= 4 is 28.6 Å². The van der Waals surface area contributed by atoms with Crippen molar-refractivity contribution < 1.29 is 9.53 Å². The Morgan fingerprint density at radius 3 is 2.50 bits per heavy atom. The van der Waals surface area contributed by atoms with E-state index in [4.69, 9.17) is 4.74 Å². The number of ether oxygens (including phenoxy) is 1. The van der Waals surface area contributed by atoms with E-state index in [1.54, 1.807) is 13.1 Å². The second-order valence-electron chi connectivity index (χ2n) is 6.62. The van der Waals surface area contributed by atoms with Crippen molar-refractivity contribution in [2.75, 3.05) is 26.3 Å². The van der Waals surface area contributed by atoms with Crippen molar-refractivity contribution in [2.24, 2.45) is 7.05 Å². The number of rotatable bonds is 4. The summed E-state index contributed by atoms with van der Waals surface area (Å²) in [7, 11) is 1.70. The second kappa shape index (κ2) is 8.16. The van der Waals surface area contributed by atoms with Crippen LogP contribution < -0.4 is 5.56 Å². The van der Waals surface area contributed by atoms with Gasteiger partial charge in [0.1, 0.15) is 5.25 Å². The summed E-state index contributed by atoms with van der Waals surface area (Å²) in [4.78, 5) is 32.5. The van der Waals surface area contributed by atoms with Crippen molar-refractivity contribution in [3.05, 3.63) is 70.5 Å². The Bertz CT molecular complexity index is 1050. The van der Waals surface area contributed by atoms with E-state index < -0.39 is 5.25 Å². The Balaban J connectivity index is 1.74. The van der Waals surface area contributed by atoms with Crippen LogP contribution in [-0.4, -0.2) is 46.7 Å². The molecule has 1 saturated heterocycles. The Morgan fingerprint density at radius 2 is 1.75 bits per heavy atom. The third-order valence-corrected chi connectivity index (χ3v) is 6.10. The Hall–Kier alpha value is -2.64. The number of hydrogen-bond donors (Lipinski definition) is 0. The molecule has 1 atom stereocenters. The maximum atomic E-state index is 13.3. The molecule has 1 amide bonds. The highest BCUT2D eigenvalue weighted by Crippen LogP contribution is 2.36. The molecule has 4 rings (SSSR count). The molecule has 6 nitrogen and oxygen atoms in total. The number of aromatic nitrogens is 2. The van der Waals surface area contributed by atoms with E-state index in [0.29, 0.717) is 42.4 Å². The molecule has 1 fully saturated rings. The van der Waals surface area contributed by atoms with Gasteiger partial charge >= 0.3 is 0 Å². The summed E-state index contributed by atoms with van der Waals surface area (Å²) in [5.41, 5.74) is 1.42. The molecule has 0 bridgehead atoms. The second-order valence-corrected chi connectivity index (χ2v) is 7.69. The van der Waals surface area contributed by atoms with Crippen LogP contribution in [0.5, 0.6) is 0 Å². The lowest BCUT2D eigenvalue weighted by Crippen LogP contribution is -2.42. The zero-order valence-electron chi connectivity index (χ0n) is 15.6.